The SMILES string of the molecule is COc1ccccc1C(C)Nc1cccc(C(=O)O)c1C. The number of anilines is 1. The van der Waals surface area contributed by atoms with E-state index in [0.717, 1.165) is 22.6 Å². The lowest BCUT2D eigenvalue weighted by Gasteiger charge is -2.20. The number of nitrogens with one attached hydrogen (secondary N) is 1. The summed E-state index contributed by atoms with van der Waals surface area (Å²) in [6.45, 7) is 3.82. The van der Waals surface area contributed by atoms with Crippen molar-refractivity contribution >= 4 is 11.7 Å². The van der Waals surface area contributed by atoms with Crippen molar-refractivity contribution in [2.45, 2.75) is 19.9 Å². The standard InChI is InChI=1S/C17H19NO3/c1-11-13(17(19)20)8-6-9-15(11)18-12(2)14-7-4-5-10-16(14)21-3/h4-10,12,18H,1-3H3,(H,19,20). The van der Waals surface area contributed by atoms with Crippen molar-refractivity contribution in [1.29, 1.82) is 0 Å². The zero-order chi connectivity index (χ0) is 15.4. The molecule has 0 aliphatic carbocycles. The minimum Gasteiger partial charge on any atom is -0.496 e. The number of carboxylic acid groups (broad SMARTS) is 1. The number of hydrogen-bond acceptors (Lipinski definition) is 3. The molecular formula is C17H19NO3. The van der Waals surface area contributed by atoms with Crippen LogP contribution in [-0.2, 0) is 0 Å². The summed E-state index contributed by atoms with van der Waals surface area (Å²) in [6, 6.07) is 13.0. The Bertz CT molecular complexity index is 652. The monoisotopic (exact) mass is 285 g/mol. The molecule has 0 fully saturated rings. The molecule has 0 amide bonds. The van der Waals surface area contributed by atoms with E-state index < -0.39 is 5.97 Å². The van der Waals surface area contributed by atoms with Crippen molar-refractivity contribution in [3.05, 3.63) is 59.2 Å². The number of para-hydroxylation sites is 1. The number of methoxy groups -OCH3 is 1. The highest BCUT2D eigenvalue weighted by molar-refractivity contribution is 5.91. The number of carboxylic acids is 1. The van der Waals surface area contributed by atoms with Gasteiger partial charge in [0.05, 0.1) is 18.7 Å². The summed E-state index contributed by atoms with van der Waals surface area (Å²) in [5.74, 6) is -0.106. The highest BCUT2D eigenvalue weighted by atomic mass is 16.5. The van der Waals surface area contributed by atoms with Gasteiger partial charge in [-0.1, -0.05) is 24.3 Å². The quantitative estimate of drug-likeness (QED) is 0.875. The largest absolute Gasteiger partial charge is 0.496 e. The summed E-state index contributed by atoms with van der Waals surface area (Å²) in [4.78, 5) is 11.2. The van der Waals surface area contributed by atoms with Gasteiger partial charge in [-0.25, -0.2) is 4.79 Å². The molecule has 0 aliphatic rings. The molecule has 2 aromatic carbocycles. The van der Waals surface area contributed by atoms with Gasteiger partial charge in [0, 0.05) is 11.3 Å². The number of benzene rings is 2. The molecule has 2 aromatic rings. The van der Waals surface area contributed by atoms with Gasteiger partial charge in [0.1, 0.15) is 5.75 Å². The van der Waals surface area contributed by atoms with E-state index in [-0.39, 0.29) is 6.04 Å². The van der Waals surface area contributed by atoms with E-state index in [2.05, 4.69) is 5.32 Å². The van der Waals surface area contributed by atoms with Crippen LogP contribution in [0.4, 0.5) is 5.69 Å². The van der Waals surface area contributed by atoms with E-state index >= 15 is 0 Å². The van der Waals surface area contributed by atoms with Crippen LogP contribution in [0.5, 0.6) is 5.75 Å². The molecule has 0 aromatic heterocycles. The van der Waals surface area contributed by atoms with Crippen molar-refractivity contribution < 1.29 is 14.6 Å². The molecule has 4 heteroatoms. The lowest BCUT2D eigenvalue weighted by Crippen LogP contribution is -2.10. The van der Waals surface area contributed by atoms with Crippen LogP contribution < -0.4 is 10.1 Å². The molecule has 0 spiro atoms. The lowest BCUT2D eigenvalue weighted by molar-refractivity contribution is 0.0696. The minimum atomic E-state index is -0.916. The number of carbonyl (C=O) groups is 1. The zero-order valence-corrected chi connectivity index (χ0v) is 12.4. The highest BCUT2D eigenvalue weighted by Gasteiger charge is 2.14. The maximum Gasteiger partial charge on any atom is 0.336 e. The van der Waals surface area contributed by atoms with Gasteiger partial charge in [-0.15, -0.1) is 0 Å². The third-order valence-electron chi connectivity index (χ3n) is 3.54. The number of ether oxygens (including phenoxy) is 1. The smallest absolute Gasteiger partial charge is 0.336 e. The van der Waals surface area contributed by atoms with Crippen LogP contribution in [0.15, 0.2) is 42.5 Å². The Hall–Kier alpha value is -2.49. The average Bonchev–Trinajstić information content (AvgIpc) is 2.48. The van der Waals surface area contributed by atoms with E-state index in [1.54, 1.807) is 26.2 Å². The molecule has 4 nitrogen and oxygen atoms in total. The molecule has 0 radical (unpaired) electrons. The molecular weight excluding hydrogens is 266 g/mol. The zero-order valence-electron chi connectivity index (χ0n) is 12.4. The lowest BCUT2D eigenvalue weighted by atomic mass is 10.0. The molecule has 1 unspecified atom stereocenters. The molecule has 21 heavy (non-hydrogen) atoms. The summed E-state index contributed by atoms with van der Waals surface area (Å²) in [7, 11) is 1.64. The van der Waals surface area contributed by atoms with Crippen LogP contribution in [0.25, 0.3) is 0 Å². The first-order valence-electron chi connectivity index (χ1n) is 6.77. The van der Waals surface area contributed by atoms with Crippen molar-refractivity contribution in [2.24, 2.45) is 0 Å². The topological polar surface area (TPSA) is 58.6 Å². The number of hydrogen-bond donors (Lipinski definition) is 2. The molecule has 0 aliphatic heterocycles. The molecule has 2 rings (SSSR count). The summed E-state index contributed by atoms with van der Waals surface area (Å²) in [5, 5.41) is 12.5. The molecule has 110 valence electrons. The predicted octanol–water partition coefficient (Wildman–Crippen LogP) is 3.87. The van der Waals surface area contributed by atoms with E-state index in [9.17, 15) is 9.90 Å². The Morgan fingerprint density at radius 2 is 1.90 bits per heavy atom. The van der Waals surface area contributed by atoms with Crippen LogP contribution in [-0.4, -0.2) is 18.2 Å². The molecule has 0 saturated heterocycles. The third kappa shape index (κ3) is 3.16. The summed E-state index contributed by atoms with van der Waals surface area (Å²) < 4.78 is 5.36. The Balaban J connectivity index is 2.30. The van der Waals surface area contributed by atoms with Crippen LogP contribution in [0.2, 0.25) is 0 Å². The van der Waals surface area contributed by atoms with E-state index in [1.807, 2.05) is 37.3 Å². The normalized spacial score (nSPS) is 11.8. The third-order valence-corrected chi connectivity index (χ3v) is 3.54. The summed E-state index contributed by atoms with van der Waals surface area (Å²) >= 11 is 0. The minimum absolute atomic E-state index is 0.00361. The Kier molecular flexibility index (Phi) is 4.48. The fraction of sp³-hybridized carbons (Fsp3) is 0.235. The van der Waals surface area contributed by atoms with Crippen LogP contribution in [0.1, 0.15) is 34.5 Å². The Morgan fingerprint density at radius 3 is 2.57 bits per heavy atom. The van der Waals surface area contributed by atoms with E-state index in [0.29, 0.717) is 5.56 Å². The summed E-state index contributed by atoms with van der Waals surface area (Å²) in [5.41, 5.74) is 2.88. The van der Waals surface area contributed by atoms with Gasteiger partial charge in [0.25, 0.3) is 0 Å². The van der Waals surface area contributed by atoms with Gasteiger partial charge in [0.15, 0.2) is 0 Å². The second-order valence-electron chi connectivity index (χ2n) is 4.89. The first-order valence-corrected chi connectivity index (χ1v) is 6.77. The Labute approximate surface area is 124 Å². The second kappa shape index (κ2) is 6.31. The number of rotatable bonds is 5. The molecule has 0 bridgehead atoms. The molecule has 0 heterocycles. The maximum atomic E-state index is 11.2. The van der Waals surface area contributed by atoms with Crippen LogP contribution in [0.3, 0.4) is 0 Å². The first kappa shape index (κ1) is 14.9. The molecule has 0 saturated carbocycles. The molecule has 1 atom stereocenters. The first-order chi connectivity index (χ1) is 10.0. The molecule has 2 N–H and O–H groups in total. The van der Waals surface area contributed by atoms with E-state index in [1.165, 1.54) is 0 Å². The predicted molar refractivity (Wildman–Crippen MR) is 83.2 cm³/mol. The van der Waals surface area contributed by atoms with Gasteiger partial charge in [-0.2, -0.15) is 0 Å². The van der Waals surface area contributed by atoms with Gasteiger partial charge >= 0.3 is 5.97 Å². The van der Waals surface area contributed by atoms with Crippen molar-refractivity contribution in [3.63, 3.8) is 0 Å². The van der Waals surface area contributed by atoms with E-state index in [4.69, 9.17) is 4.74 Å². The Morgan fingerprint density at radius 1 is 1.19 bits per heavy atom. The number of aromatic carboxylic acids is 1. The maximum absolute atomic E-state index is 11.2. The van der Waals surface area contributed by atoms with Crippen molar-refractivity contribution in [2.75, 3.05) is 12.4 Å². The van der Waals surface area contributed by atoms with Gasteiger partial charge in [0.2, 0.25) is 0 Å². The highest BCUT2D eigenvalue weighted by Crippen LogP contribution is 2.29. The fourth-order valence-corrected chi connectivity index (χ4v) is 2.36. The summed E-state index contributed by atoms with van der Waals surface area (Å²) in [6.07, 6.45) is 0. The van der Waals surface area contributed by atoms with Crippen LogP contribution >= 0.6 is 0 Å². The van der Waals surface area contributed by atoms with Gasteiger partial charge in [-0.05, 0) is 37.6 Å². The van der Waals surface area contributed by atoms with Gasteiger partial charge in [-0.3, -0.25) is 0 Å². The van der Waals surface area contributed by atoms with Crippen molar-refractivity contribution in [3.8, 4) is 5.75 Å². The van der Waals surface area contributed by atoms with Crippen molar-refractivity contribution in [1.82, 2.24) is 0 Å². The fourth-order valence-electron chi connectivity index (χ4n) is 2.36. The second-order valence-corrected chi connectivity index (χ2v) is 4.89. The average molecular weight is 285 g/mol. The van der Waals surface area contributed by atoms with Crippen LogP contribution in [0, 0.1) is 6.92 Å². The van der Waals surface area contributed by atoms with Gasteiger partial charge < -0.3 is 15.2 Å².